The van der Waals surface area contributed by atoms with Crippen LogP contribution in [-0.2, 0) is 0 Å². The fourth-order valence-electron chi connectivity index (χ4n) is 2.09. The second kappa shape index (κ2) is 6.22. The average Bonchev–Trinajstić information content (AvgIpc) is 2.53. The Labute approximate surface area is 122 Å². The zero-order valence-electron chi connectivity index (χ0n) is 11.4. The van der Waals surface area contributed by atoms with E-state index in [4.69, 9.17) is 4.74 Å². The van der Waals surface area contributed by atoms with Crippen molar-refractivity contribution in [1.29, 1.82) is 0 Å². The van der Waals surface area contributed by atoms with Crippen LogP contribution in [-0.4, -0.2) is 18.1 Å². The summed E-state index contributed by atoms with van der Waals surface area (Å²) in [6, 6.07) is 16.4. The summed E-state index contributed by atoms with van der Waals surface area (Å²) >= 11 is 0. The van der Waals surface area contributed by atoms with E-state index in [2.05, 4.69) is 10.3 Å². The molecule has 0 saturated heterocycles. The maximum Gasteiger partial charge on any atom is 0.146 e. The van der Waals surface area contributed by atoms with Crippen LogP contribution in [0.15, 0.2) is 60.8 Å². The maximum atomic E-state index is 13.4. The summed E-state index contributed by atoms with van der Waals surface area (Å²) in [4.78, 5) is 4.33. The molecule has 3 nitrogen and oxygen atoms in total. The van der Waals surface area contributed by atoms with Crippen molar-refractivity contribution in [3.63, 3.8) is 0 Å². The maximum absolute atomic E-state index is 13.4. The van der Waals surface area contributed by atoms with E-state index in [1.165, 1.54) is 6.07 Å². The molecule has 106 valence electrons. The first kappa shape index (κ1) is 13.4. The number of para-hydroxylation sites is 2. The Morgan fingerprint density at radius 2 is 1.86 bits per heavy atom. The molecule has 4 heteroatoms. The Morgan fingerprint density at radius 3 is 2.76 bits per heavy atom. The van der Waals surface area contributed by atoms with E-state index in [1.54, 1.807) is 24.4 Å². The van der Waals surface area contributed by atoms with Crippen LogP contribution in [0.5, 0.6) is 5.75 Å². The number of fused-ring (bicyclic) bond motifs is 1. The summed E-state index contributed by atoms with van der Waals surface area (Å²) in [5.74, 6) is 0.453. The summed E-state index contributed by atoms with van der Waals surface area (Å²) in [6.45, 7) is 0.960. The van der Waals surface area contributed by atoms with Gasteiger partial charge in [-0.25, -0.2) is 4.39 Å². The van der Waals surface area contributed by atoms with Crippen molar-refractivity contribution >= 4 is 16.6 Å². The molecule has 0 saturated carbocycles. The van der Waals surface area contributed by atoms with Crippen molar-refractivity contribution < 1.29 is 9.13 Å². The van der Waals surface area contributed by atoms with Crippen LogP contribution in [0, 0.1) is 5.82 Å². The summed E-state index contributed by atoms with van der Waals surface area (Å²) < 4.78 is 19.0. The number of benzene rings is 2. The fourth-order valence-corrected chi connectivity index (χ4v) is 2.09. The number of halogens is 1. The highest BCUT2D eigenvalue weighted by atomic mass is 19.1. The largest absolute Gasteiger partial charge is 0.490 e. The standard InChI is InChI=1S/C17H15FN2O/c18-15-6-2-4-8-17(15)19-9-10-21-14-11-13-5-1-3-7-16(13)20-12-14/h1-8,11-12,19H,9-10H2. The third-order valence-electron chi connectivity index (χ3n) is 3.13. The van der Waals surface area contributed by atoms with Gasteiger partial charge in [-0.1, -0.05) is 30.3 Å². The van der Waals surface area contributed by atoms with E-state index in [0.717, 1.165) is 10.9 Å². The molecule has 21 heavy (non-hydrogen) atoms. The molecule has 0 radical (unpaired) electrons. The first-order valence-electron chi connectivity index (χ1n) is 6.79. The first-order chi connectivity index (χ1) is 10.3. The minimum atomic E-state index is -0.259. The number of anilines is 1. The van der Waals surface area contributed by atoms with E-state index in [-0.39, 0.29) is 5.82 Å². The Morgan fingerprint density at radius 1 is 1.05 bits per heavy atom. The number of rotatable bonds is 5. The lowest BCUT2D eigenvalue weighted by molar-refractivity contribution is 0.332. The van der Waals surface area contributed by atoms with Gasteiger partial charge < -0.3 is 10.1 Å². The van der Waals surface area contributed by atoms with E-state index in [9.17, 15) is 4.39 Å². The monoisotopic (exact) mass is 282 g/mol. The lowest BCUT2D eigenvalue weighted by atomic mass is 10.2. The number of hydrogen-bond donors (Lipinski definition) is 1. The molecule has 0 spiro atoms. The Bertz CT molecular complexity index is 745. The molecule has 0 fully saturated rings. The van der Waals surface area contributed by atoms with Gasteiger partial charge in [-0.2, -0.15) is 0 Å². The van der Waals surface area contributed by atoms with Crippen LogP contribution >= 0.6 is 0 Å². The van der Waals surface area contributed by atoms with E-state index < -0.39 is 0 Å². The Kier molecular flexibility index (Phi) is 3.96. The Balaban J connectivity index is 1.56. The van der Waals surface area contributed by atoms with Gasteiger partial charge >= 0.3 is 0 Å². The van der Waals surface area contributed by atoms with Gasteiger partial charge in [-0.3, -0.25) is 4.98 Å². The number of nitrogens with one attached hydrogen (secondary N) is 1. The number of nitrogens with zero attached hydrogens (tertiary/aromatic N) is 1. The zero-order chi connectivity index (χ0) is 14.5. The molecule has 1 heterocycles. The van der Waals surface area contributed by atoms with Crippen molar-refractivity contribution in [2.24, 2.45) is 0 Å². The quantitative estimate of drug-likeness (QED) is 0.721. The topological polar surface area (TPSA) is 34.1 Å². The highest BCUT2D eigenvalue weighted by Crippen LogP contribution is 2.18. The predicted molar refractivity (Wildman–Crippen MR) is 82.1 cm³/mol. The van der Waals surface area contributed by atoms with Crippen LogP contribution in [0.4, 0.5) is 10.1 Å². The minimum Gasteiger partial charge on any atom is -0.490 e. The molecule has 0 aliphatic rings. The van der Waals surface area contributed by atoms with Gasteiger partial charge in [0.15, 0.2) is 0 Å². The van der Waals surface area contributed by atoms with Gasteiger partial charge in [-0.15, -0.1) is 0 Å². The number of pyridine rings is 1. The van der Waals surface area contributed by atoms with Crippen LogP contribution < -0.4 is 10.1 Å². The number of aromatic nitrogens is 1. The second-order valence-corrected chi connectivity index (χ2v) is 4.62. The third kappa shape index (κ3) is 3.28. The molecule has 0 amide bonds. The van der Waals surface area contributed by atoms with Crippen LogP contribution in [0.3, 0.4) is 0 Å². The Hall–Kier alpha value is -2.62. The van der Waals surface area contributed by atoms with Crippen LogP contribution in [0.2, 0.25) is 0 Å². The molecular weight excluding hydrogens is 267 g/mol. The summed E-state index contributed by atoms with van der Waals surface area (Å²) in [5.41, 5.74) is 1.42. The van der Waals surface area contributed by atoms with Crippen molar-refractivity contribution in [2.45, 2.75) is 0 Å². The van der Waals surface area contributed by atoms with Gasteiger partial charge in [-0.05, 0) is 24.3 Å². The smallest absolute Gasteiger partial charge is 0.146 e. The predicted octanol–water partition coefficient (Wildman–Crippen LogP) is 3.86. The van der Waals surface area contributed by atoms with Crippen molar-refractivity contribution in [1.82, 2.24) is 4.98 Å². The van der Waals surface area contributed by atoms with Crippen molar-refractivity contribution in [3.8, 4) is 5.75 Å². The molecule has 0 aliphatic heterocycles. The van der Waals surface area contributed by atoms with Gasteiger partial charge in [0.05, 0.1) is 17.4 Å². The summed E-state index contributed by atoms with van der Waals surface area (Å²) in [7, 11) is 0. The molecule has 1 N–H and O–H groups in total. The minimum absolute atomic E-state index is 0.259. The second-order valence-electron chi connectivity index (χ2n) is 4.62. The average molecular weight is 282 g/mol. The highest BCUT2D eigenvalue weighted by Gasteiger charge is 2.00. The van der Waals surface area contributed by atoms with E-state index in [1.807, 2.05) is 30.3 Å². The van der Waals surface area contributed by atoms with Crippen molar-refractivity contribution in [2.75, 3.05) is 18.5 Å². The molecule has 0 bridgehead atoms. The molecule has 3 rings (SSSR count). The first-order valence-corrected chi connectivity index (χ1v) is 6.79. The van der Waals surface area contributed by atoms with Gasteiger partial charge in [0.1, 0.15) is 18.2 Å². The molecule has 0 atom stereocenters. The molecule has 0 unspecified atom stereocenters. The fraction of sp³-hybridized carbons (Fsp3) is 0.118. The molecule has 3 aromatic rings. The van der Waals surface area contributed by atoms with Crippen LogP contribution in [0.25, 0.3) is 10.9 Å². The third-order valence-corrected chi connectivity index (χ3v) is 3.13. The SMILES string of the molecule is Fc1ccccc1NCCOc1cnc2ccccc2c1. The van der Waals surface area contributed by atoms with Crippen molar-refractivity contribution in [3.05, 3.63) is 66.6 Å². The summed E-state index contributed by atoms with van der Waals surface area (Å²) in [6.07, 6.45) is 1.70. The highest BCUT2D eigenvalue weighted by molar-refractivity contribution is 5.79. The van der Waals surface area contributed by atoms with Crippen LogP contribution in [0.1, 0.15) is 0 Å². The van der Waals surface area contributed by atoms with Gasteiger partial charge in [0.25, 0.3) is 0 Å². The summed E-state index contributed by atoms with van der Waals surface area (Å²) in [5, 5.41) is 4.04. The number of ether oxygens (including phenoxy) is 1. The molecule has 2 aromatic carbocycles. The zero-order valence-corrected chi connectivity index (χ0v) is 11.4. The normalized spacial score (nSPS) is 10.5. The molecular formula is C17H15FN2O. The lowest BCUT2D eigenvalue weighted by Crippen LogP contribution is -2.12. The number of hydrogen-bond acceptors (Lipinski definition) is 3. The van der Waals surface area contributed by atoms with Gasteiger partial charge in [0.2, 0.25) is 0 Å². The molecule has 0 aliphatic carbocycles. The molecule has 1 aromatic heterocycles. The van der Waals surface area contributed by atoms with Gasteiger partial charge in [0, 0.05) is 11.9 Å². The lowest BCUT2D eigenvalue weighted by Gasteiger charge is -2.09. The van der Waals surface area contributed by atoms with E-state index >= 15 is 0 Å². The van der Waals surface area contributed by atoms with E-state index in [0.29, 0.717) is 24.6 Å².